The Morgan fingerprint density at radius 1 is 0.708 bits per heavy atom. The van der Waals surface area contributed by atoms with Crippen molar-refractivity contribution in [2.24, 2.45) is 5.16 Å². The van der Waals surface area contributed by atoms with Gasteiger partial charge < -0.3 is 43.7 Å². The Morgan fingerprint density at radius 2 is 1.21 bits per heavy atom. The highest BCUT2D eigenvalue weighted by atomic mass is 35.5. The van der Waals surface area contributed by atoms with Crippen LogP contribution in [-0.4, -0.2) is 57.4 Å². The van der Waals surface area contributed by atoms with Gasteiger partial charge in [-0.25, -0.2) is 9.59 Å². The van der Waals surface area contributed by atoms with Gasteiger partial charge in [0.1, 0.15) is 43.7 Å². The summed E-state index contributed by atoms with van der Waals surface area (Å²) in [6, 6.07) is 24.6. The van der Waals surface area contributed by atoms with Crippen LogP contribution in [0.1, 0.15) is 22.3 Å². The van der Waals surface area contributed by atoms with Crippen molar-refractivity contribution >= 4 is 29.4 Å². The Bertz CT molecular complexity index is 1680. The summed E-state index contributed by atoms with van der Waals surface area (Å²) in [6.07, 6.45) is -0.677. The minimum absolute atomic E-state index is 0.0000619. The van der Waals surface area contributed by atoms with E-state index in [-0.39, 0.29) is 55.1 Å². The van der Waals surface area contributed by atoms with E-state index < -0.39 is 17.8 Å². The van der Waals surface area contributed by atoms with Crippen molar-refractivity contribution in [1.82, 2.24) is 5.32 Å². The summed E-state index contributed by atoms with van der Waals surface area (Å²) >= 11 is 6.75. The second-order valence-corrected chi connectivity index (χ2v) is 10.3. The quantitative estimate of drug-likeness (QED) is 0.0747. The topological polar surface area (TPSA) is 143 Å². The first-order valence-corrected chi connectivity index (χ1v) is 15.0. The Hall–Kier alpha value is -5.62. The van der Waals surface area contributed by atoms with Crippen LogP contribution in [0.25, 0.3) is 0 Å². The van der Waals surface area contributed by atoms with Gasteiger partial charge in [-0.2, -0.15) is 0 Å². The number of nitrogens with zero attached hydrogens (tertiary/aromatic N) is 1. The third-order valence-electron chi connectivity index (χ3n) is 6.76. The highest BCUT2D eigenvalue weighted by molar-refractivity contribution is 6.47. The van der Waals surface area contributed by atoms with Gasteiger partial charge in [0.05, 0.1) is 32.9 Å². The van der Waals surface area contributed by atoms with Crippen molar-refractivity contribution in [3.63, 3.8) is 0 Å². The largest absolute Gasteiger partial charge is 0.497 e. The minimum Gasteiger partial charge on any atom is -0.497 e. The summed E-state index contributed by atoms with van der Waals surface area (Å²) in [5, 5.41) is 16.2. The molecule has 13 heteroatoms. The molecule has 0 aromatic heterocycles. The standard InChI is InChI=1S/C35H35ClN2O10/c1-42-26-10-4-23(5-11-26)20-45-30-17-16-29(31(36)33(30)46-21-24-6-12-27(43-2)13-7-24)32(34(39)40)38-48-19-18-37-35(41)47-22-25-8-14-28(44-3)15-9-25/h4-17H,18-22H2,1-3H3,(H,37,41)(H,39,40)/b38-32-. The third kappa shape index (κ3) is 10.2. The summed E-state index contributed by atoms with van der Waals surface area (Å²) in [5.74, 6) is 1.10. The summed E-state index contributed by atoms with van der Waals surface area (Å²) in [7, 11) is 4.72. The molecule has 4 aromatic carbocycles. The maximum atomic E-state index is 12.2. The van der Waals surface area contributed by atoms with Gasteiger partial charge in [-0.3, -0.25) is 0 Å². The second kappa shape index (κ2) is 17.9. The Kier molecular flexibility index (Phi) is 13.1. The number of methoxy groups -OCH3 is 3. The number of halogens is 1. The van der Waals surface area contributed by atoms with Crippen LogP contribution < -0.4 is 29.0 Å². The van der Waals surface area contributed by atoms with E-state index in [0.717, 1.165) is 16.7 Å². The number of carbonyl (C=O) groups excluding carboxylic acids is 1. The van der Waals surface area contributed by atoms with Gasteiger partial charge in [0, 0.05) is 5.56 Å². The number of ether oxygens (including phenoxy) is 6. The smallest absolute Gasteiger partial charge is 0.407 e. The van der Waals surface area contributed by atoms with Gasteiger partial charge in [0.2, 0.25) is 0 Å². The van der Waals surface area contributed by atoms with E-state index in [0.29, 0.717) is 17.2 Å². The zero-order valence-corrected chi connectivity index (χ0v) is 27.3. The number of carboxylic acids is 1. The number of oxime groups is 1. The molecule has 0 heterocycles. The molecule has 0 atom stereocenters. The second-order valence-electron chi connectivity index (χ2n) is 9.96. The lowest BCUT2D eigenvalue weighted by Crippen LogP contribution is -2.27. The number of hydrogen-bond acceptors (Lipinski definition) is 10. The van der Waals surface area contributed by atoms with Gasteiger partial charge >= 0.3 is 12.1 Å². The van der Waals surface area contributed by atoms with E-state index in [1.807, 2.05) is 36.4 Å². The Balaban J connectivity index is 1.43. The van der Waals surface area contributed by atoms with Gasteiger partial charge in [0.15, 0.2) is 17.2 Å². The molecule has 0 aliphatic heterocycles. The summed E-state index contributed by atoms with van der Waals surface area (Å²) in [5.41, 5.74) is 2.01. The van der Waals surface area contributed by atoms with E-state index in [4.69, 9.17) is 44.9 Å². The molecule has 0 aliphatic rings. The minimum atomic E-state index is -1.39. The molecule has 0 spiro atoms. The molecule has 252 valence electrons. The average Bonchev–Trinajstić information content (AvgIpc) is 3.11. The van der Waals surface area contributed by atoms with Crippen LogP contribution in [0.4, 0.5) is 4.79 Å². The normalized spacial score (nSPS) is 10.9. The monoisotopic (exact) mass is 678 g/mol. The lowest BCUT2D eigenvalue weighted by atomic mass is 10.1. The summed E-state index contributed by atoms with van der Waals surface area (Å²) in [4.78, 5) is 29.5. The zero-order valence-electron chi connectivity index (χ0n) is 26.6. The first-order valence-electron chi connectivity index (χ1n) is 14.6. The molecule has 0 saturated heterocycles. The predicted molar refractivity (Wildman–Crippen MR) is 177 cm³/mol. The molecular weight excluding hydrogens is 644 g/mol. The summed E-state index contributed by atoms with van der Waals surface area (Å²) < 4.78 is 32.8. The maximum absolute atomic E-state index is 12.2. The molecule has 0 bridgehead atoms. The van der Waals surface area contributed by atoms with E-state index >= 15 is 0 Å². The number of amides is 1. The highest BCUT2D eigenvalue weighted by Gasteiger charge is 2.23. The molecular formula is C35H35ClN2O10. The van der Waals surface area contributed by atoms with E-state index in [9.17, 15) is 14.7 Å². The molecule has 0 saturated carbocycles. The fourth-order valence-electron chi connectivity index (χ4n) is 4.16. The molecule has 4 rings (SSSR count). The number of nitrogens with one attached hydrogen (secondary N) is 1. The van der Waals surface area contributed by atoms with Crippen molar-refractivity contribution in [1.29, 1.82) is 0 Å². The Morgan fingerprint density at radius 3 is 1.71 bits per heavy atom. The number of rotatable bonds is 17. The number of carboxylic acid groups (broad SMARTS) is 1. The van der Waals surface area contributed by atoms with Crippen LogP contribution in [0.2, 0.25) is 5.02 Å². The van der Waals surface area contributed by atoms with E-state index in [1.54, 1.807) is 63.8 Å². The molecule has 2 N–H and O–H groups in total. The zero-order chi connectivity index (χ0) is 34.3. The molecule has 1 amide bonds. The number of hydrogen-bond donors (Lipinski definition) is 2. The molecule has 48 heavy (non-hydrogen) atoms. The van der Waals surface area contributed by atoms with Crippen LogP contribution >= 0.6 is 11.6 Å². The van der Waals surface area contributed by atoms with Crippen LogP contribution in [0.5, 0.6) is 28.7 Å². The molecule has 4 aromatic rings. The summed E-state index contributed by atoms with van der Waals surface area (Å²) in [6.45, 7) is 0.189. The molecule has 0 radical (unpaired) electrons. The van der Waals surface area contributed by atoms with Gasteiger partial charge in [0.25, 0.3) is 0 Å². The number of benzene rings is 4. The lowest BCUT2D eigenvalue weighted by molar-refractivity contribution is -0.129. The van der Waals surface area contributed by atoms with Crippen molar-refractivity contribution in [2.45, 2.75) is 19.8 Å². The molecule has 0 unspecified atom stereocenters. The fourth-order valence-corrected chi connectivity index (χ4v) is 4.46. The van der Waals surface area contributed by atoms with Crippen molar-refractivity contribution in [2.75, 3.05) is 34.5 Å². The average molecular weight is 679 g/mol. The highest BCUT2D eigenvalue weighted by Crippen LogP contribution is 2.39. The molecule has 0 aliphatic carbocycles. The van der Waals surface area contributed by atoms with Crippen LogP contribution in [-0.2, 0) is 34.2 Å². The molecule has 0 fully saturated rings. The van der Waals surface area contributed by atoms with Crippen LogP contribution in [0.3, 0.4) is 0 Å². The van der Waals surface area contributed by atoms with Gasteiger partial charge in [-0.1, -0.05) is 53.2 Å². The van der Waals surface area contributed by atoms with E-state index in [2.05, 4.69) is 10.5 Å². The maximum Gasteiger partial charge on any atom is 0.407 e. The number of carbonyl (C=O) groups is 2. The third-order valence-corrected chi connectivity index (χ3v) is 7.14. The fraction of sp³-hybridized carbons (Fsp3) is 0.229. The first kappa shape index (κ1) is 35.2. The van der Waals surface area contributed by atoms with Crippen molar-refractivity contribution in [3.05, 3.63) is 112 Å². The van der Waals surface area contributed by atoms with Crippen molar-refractivity contribution in [3.8, 4) is 28.7 Å². The first-order chi connectivity index (χ1) is 23.3. The van der Waals surface area contributed by atoms with E-state index in [1.165, 1.54) is 6.07 Å². The SMILES string of the molecule is COc1ccc(COC(=O)NCCO/N=C(\C(=O)O)c2ccc(OCc3ccc(OC)cc3)c(OCc3ccc(OC)cc3)c2Cl)cc1. The van der Waals surface area contributed by atoms with Crippen LogP contribution in [0, 0.1) is 0 Å². The van der Waals surface area contributed by atoms with Gasteiger partial charge in [-0.05, 0) is 65.2 Å². The van der Waals surface area contributed by atoms with Gasteiger partial charge in [-0.15, -0.1) is 0 Å². The lowest BCUT2D eigenvalue weighted by Gasteiger charge is -2.17. The predicted octanol–water partition coefficient (Wildman–Crippen LogP) is 6.26. The van der Waals surface area contributed by atoms with Crippen molar-refractivity contribution < 1.29 is 48.0 Å². The number of alkyl carbamates (subject to hydrolysis) is 1. The van der Waals surface area contributed by atoms with Crippen LogP contribution in [0.15, 0.2) is 90.1 Å². The number of aliphatic carboxylic acids is 1. The molecule has 12 nitrogen and oxygen atoms in total. The Labute approximate surface area is 282 Å².